The van der Waals surface area contributed by atoms with Gasteiger partial charge in [-0.2, -0.15) is 0 Å². The van der Waals surface area contributed by atoms with Gasteiger partial charge in [-0.3, -0.25) is 34.6 Å². The number of aldehydes is 1. The topological polar surface area (TPSA) is 303 Å². The Morgan fingerprint density at radius 3 is 1.43 bits per heavy atom. The van der Waals surface area contributed by atoms with Gasteiger partial charge in [-0.1, -0.05) is 77.0 Å². The Bertz CT molecular complexity index is 1200. The van der Waals surface area contributed by atoms with Crippen LogP contribution in [-0.4, -0.2) is 141 Å². The van der Waals surface area contributed by atoms with E-state index in [1.165, 1.54) is 38.5 Å². The quantitative estimate of drug-likeness (QED) is 0.0138. The molecular formula is C41H76N6O14. The van der Waals surface area contributed by atoms with Crippen LogP contribution in [0.5, 0.6) is 0 Å². The largest absolute Gasteiger partial charge is 0.481 e. The van der Waals surface area contributed by atoms with Gasteiger partial charge in [0.05, 0.1) is 39.6 Å². The van der Waals surface area contributed by atoms with Crippen LogP contribution < -0.4 is 32.5 Å². The van der Waals surface area contributed by atoms with E-state index in [1.807, 2.05) is 5.43 Å². The van der Waals surface area contributed by atoms with Crippen molar-refractivity contribution in [3.63, 3.8) is 0 Å². The molecule has 0 saturated carbocycles. The molecule has 0 saturated heterocycles. The van der Waals surface area contributed by atoms with Crippen molar-refractivity contribution in [2.45, 2.75) is 147 Å². The lowest BCUT2D eigenvalue weighted by Gasteiger charge is -2.19. The fraction of sp³-hybridized carbons (Fsp3) is 0.829. The van der Waals surface area contributed by atoms with Crippen molar-refractivity contribution in [1.29, 1.82) is 0 Å². The predicted octanol–water partition coefficient (Wildman–Crippen LogP) is 1.60. The standard InChI is InChI=1S/C41H76N6O14/c42-47-41(57,33-48)21-15-16-22-43-37(51)31-60-29-28-59-26-24-45-38(52)32-61-30-27-58-25-23-44-35(49)20-19-34(40(55)56)46-36(50)17-13-11-9-7-5-3-1-2-4-6-8-10-12-14-18-39(53)54/h33-34,47,57H,1-32,42H2,(H,43,51)(H,44,49)(H,45,52)(H,46,50)(H,53,54)(H,55,56)/t34-,41+/m0/s1. The summed E-state index contributed by atoms with van der Waals surface area (Å²) in [6, 6.07) is -1.15. The zero-order chi connectivity index (χ0) is 45.2. The summed E-state index contributed by atoms with van der Waals surface area (Å²) < 4.78 is 21.2. The highest BCUT2D eigenvalue weighted by Crippen LogP contribution is 2.14. The summed E-state index contributed by atoms with van der Waals surface area (Å²) in [5, 5.41) is 38.3. The van der Waals surface area contributed by atoms with Gasteiger partial charge in [0.25, 0.3) is 0 Å². The number of nitrogens with one attached hydrogen (secondary N) is 5. The normalized spacial score (nSPS) is 12.6. The van der Waals surface area contributed by atoms with Crippen molar-refractivity contribution in [3.05, 3.63) is 0 Å². The molecule has 0 rings (SSSR count). The van der Waals surface area contributed by atoms with Gasteiger partial charge in [0.15, 0.2) is 12.0 Å². The number of unbranched alkanes of at least 4 members (excludes halogenated alkanes) is 14. The molecule has 0 aliphatic carbocycles. The summed E-state index contributed by atoms with van der Waals surface area (Å²) >= 11 is 0. The first-order valence-corrected chi connectivity index (χ1v) is 21.9. The van der Waals surface area contributed by atoms with Crippen LogP contribution in [0.25, 0.3) is 0 Å². The van der Waals surface area contributed by atoms with Crippen molar-refractivity contribution in [3.8, 4) is 0 Å². The van der Waals surface area contributed by atoms with E-state index in [0.717, 1.165) is 44.9 Å². The number of hydrazine groups is 1. The Labute approximate surface area is 360 Å². The summed E-state index contributed by atoms with van der Waals surface area (Å²) in [5.41, 5.74) is 0.267. The van der Waals surface area contributed by atoms with E-state index < -0.39 is 23.7 Å². The van der Waals surface area contributed by atoms with E-state index in [0.29, 0.717) is 32.1 Å². The highest BCUT2D eigenvalue weighted by molar-refractivity contribution is 5.84. The molecular weight excluding hydrogens is 800 g/mol. The summed E-state index contributed by atoms with van der Waals surface area (Å²) in [6.45, 7) is 1.66. The molecule has 0 aromatic heterocycles. The average Bonchev–Trinajstić information content (AvgIpc) is 3.23. The molecule has 20 nitrogen and oxygen atoms in total. The Hall–Kier alpha value is -3.79. The van der Waals surface area contributed by atoms with Crippen LogP contribution in [0.3, 0.4) is 0 Å². The van der Waals surface area contributed by atoms with Crippen molar-refractivity contribution in [2.75, 3.05) is 72.5 Å². The van der Waals surface area contributed by atoms with Crippen LogP contribution in [0.15, 0.2) is 0 Å². The number of hydrogen-bond donors (Lipinski definition) is 9. The maximum atomic E-state index is 12.3. The van der Waals surface area contributed by atoms with E-state index in [4.69, 9.17) is 29.9 Å². The maximum absolute atomic E-state index is 12.3. The number of hydrogen-bond acceptors (Lipinski definition) is 14. The molecule has 0 heterocycles. The Balaban J connectivity index is 3.66. The Kier molecular flexibility index (Phi) is 37.8. The van der Waals surface area contributed by atoms with E-state index in [-0.39, 0.29) is 122 Å². The number of amides is 4. The molecule has 0 fully saturated rings. The minimum Gasteiger partial charge on any atom is -0.481 e. The molecule has 0 aliphatic heterocycles. The molecule has 0 radical (unpaired) electrons. The van der Waals surface area contributed by atoms with Crippen molar-refractivity contribution < 1.29 is 67.8 Å². The molecule has 20 heteroatoms. The van der Waals surface area contributed by atoms with Gasteiger partial charge in [0, 0.05) is 38.9 Å². The Morgan fingerprint density at radius 2 is 0.967 bits per heavy atom. The third-order valence-electron chi connectivity index (χ3n) is 9.44. The van der Waals surface area contributed by atoms with Crippen LogP contribution >= 0.6 is 0 Å². The first-order valence-electron chi connectivity index (χ1n) is 21.9. The van der Waals surface area contributed by atoms with Crippen molar-refractivity contribution >= 4 is 41.9 Å². The number of aliphatic carboxylic acids is 2. The Morgan fingerprint density at radius 1 is 0.525 bits per heavy atom. The molecule has 0 bridgehead atoms. The van der Waals surface area contributed by atoms with Crippen LogP contribution in [0, 0.1) is 0 Å². The first-order chi connectivity index (χ1) is 29.4. The summed E-state index contributed by atoms with van der Waals surface area (Å²) in [6.07, 6.45) is 16.9. The molecule has 0 aromatic carbocycles. The lowest BCUT2D eigenvalue weighted by Crippen LogP contribution is -2.50. The second-order valence-electron chi connectivity index (χ2n) is 14.9. The number of carbonyl (C=O) groups is 7. The van der Waals surface area contributed by atoms with Gasteiger partial charge in [-0.25, -0.2) is 10.2 Å². The van der Waals surface area contributed by atoms with Crippen LogP contribution in [0.2, 0.25) is 0 Å². The fourth-order valence-electron chi connectivity index (χ4n) is 5.88. The van der Waals surface area contributed by atoms with Crippen LogP contribution in [0.1, 0.15) is 135 Å². The van der Waals surface area contributed by atoms with E-state index in [2.05, 4.69) is 21.3 Å². The van der Waals surface area contributed by atoms with Gasteiger partial charge in [0.2, 0.25) is 23.6 Å². The predicted molar refractivity (Wildman–Crippen MR) is 225 cm³/mol. The van der Waals surface area contributed by atoms with Crippen molar-refractivity contribution in [1.82, 2.24) is 26.7 Å². The highest BCUT2D eigenvalue weighted by Gasteiger charge is 2.23. The number of carbonyl (C=O) groups excluding carboxylic acids is 5. The molecule has 2 atom stereocenters. The number of carboxylic acid groups (broad SMARTS) is 2. The van der Waals surface area contributed by atoms with Crippen LogP contribution in [0.4, 0.5) is 0 Å². The summed E-state index contributed by atoms with van der Waals surface area (Å²) in [7, 11) is 0. The molecule has 10 N–H and O–H groups in total. The number of ether oxygens (including phenoxy) is 4. The number of carboxylic acids is 2. The van der Waals surface area contributed by atoms with Crippen LogP contribution in [-0.2, 0) is 52.5 Å². The van der Waals surface area contributed by atoms with Gasteiger partial charge in [-0.05, 0) is 38.5 Å². The second kappa shape index (κ2) is 40.3. The van der Waals surface area contributed by atoms with Gasteiger partial charge in [0.1, 0.15) is 19.3 Å². The number of aliphatic hydroxyl groups is 1. The van der Waals surface area contributed by atoms with E-state index >= 15 is 0 Å². The highest BCUT2D eigenvalue weighted by atomic mass is 16.5. The zero-order valence-corrected chi connectivity index (χ0v) is 36.2. The second-order valence-corrected chi connectivity index (χ2v) is 14.9. The SMILES string of the molecule is NN[C@](O)(C=O)CCCCNC(=O)COCCOCCNC(=O)COCCOCCNC(=O)CC[C@H](NC(=O)CCCCCCCCCCCCCCCCC(=O)O)C(=O)O. The minimum absolute atomic E-state index is 0.0336. The number of rotatable bonds is 45. The number of nitrogens with two attached hydrogens (primary N) is 1. The summed E-state index contributed by atoms with van der Waals surface area (Å²) in [4.78, 5) is 81.1. The van der Waals surface area contributed by atoms with Gasteiger partial charge < -0.3 is 55.5 Å². The third-order valence-corrected chi connectivity index (χ3v) is 9.44. The fourth-order valence-corrected chi connectivity index (χ4v) is 5.88. The average molecular weight is 877 g/mol. The monoisotopic (exact) mass is 877 g/mol. The van der Waals surface area contributed by atoms with E-state index in [9.17, 15) is 43.8 Å². The van der Waals surface area contributed by atoms with Crippen molar-refractivity contribution in [2.24, 2.45) is 5.84 Å². The third kappa shape index (κ3) is 38.8. The molecule has 0 unspecified atom stereocenters. The lowest BCUT2D eigenvalue weighted by molar-refractivity contribution is -0.142. The smallest absolute Gasteiger partial charge is 0.326 e. The van der Waals surface area contributed by atoms with Gasteiger partial charge in [-0.15, -0.1) is 0 Å². The summed E-state index contributed by atoms with van der Waals surface area (Å²) in [5.74, 6) is 1.86. The molecule has 0 aliphatic rings. The zero-order valence-electron chi connectivity index (χ0n) is 36.2. The first kappa shape index (κ1) is 57.2. The molecule has 4 amide bonds. The molecule has 0 spiro atoms. The van der Waals surface area contributed by atoms with Gasteiger partial charge >= 0.3 is 11.9 Å². The minimum atomic E-state index is -1.77. The van der Waals surface area contributed by atoms with E-state index in [1.54, 1.807) is 0 Å². The molecule has 354 valence electrons. The maximum Gasteiger partial charge on any atom is 0.326 e. The molecule has 0 aromatic rings. The lowest BCUT2D eigenvalue weighted by atomic mass is 10.0. The molecule has 61 heavy (non-hydrogen) atoms.